The van der Waals surface area contributed by atoms with Gasteiger partial charge in [-0.2, -0.15) is 10.4 Å². The van der Waals surface area contributed by atoms with Crippen molar-refractivity contribution in [2.24, 2.45) is 10.5 Å². The van der Waals surface area contributed by atoms with E-state index in [1.54, 1.807) is 5.01 Å². The Bertz CT molecular complexity index is 664. The van der Waals surface area contributed by atoms with E-state index in [-0.39, 0.29) is 11.9 Å². The van der Waals surface area contributed by atoms with Gasteiger partial charge in [-0.05, 0) is 19.4 Å². The highest BCUT2D eigenvalue weighted by Crippen LogP contribution is 2.39. The van der Waals surface area contributed by atoms with Gasteiger partial charge in [0.15, 0.2) is 5.84 Å². The molecule has 3 atom stereocenters. The van der Waals surface area contributed by atoms with Crippen LogP contribution in [0.3, 0.4) is 0 Å². The maximum Gasteiger partial charge on any atom is 0.219 e. The minimum absolute atomic E-state index is 0.0693. The first-order valence-electron chi connectivity index (χ1n) is 7.22. The van der Waals surface area contributed by atoms with Gasteiger partial charge in [-0.3, -0.25) is 9.80 Å². The second-order valence-electron chi connectivity index (χ2n) is 6.16. The van der Waals surface area contributed by atoms with Crippen LogP contribution >= 0.6 is 0 Å². The van der Waals surface area contributed by atoms with Crippen molar-refractivity contribution >= 4 is 11.6 Å². The summed E-state index contributed by atoms with van der Waals surface area (Å²) in [5, 5.41) is 17.8. The van der Waals surface area contributed by atoms with Crippen molar-refractivity contribution in [1.29, 1.82) is 5.26 Å². The molecular formula is C16H17FN4O. The van der Waals surface area contributed by atoms with E-state index in [0.29, 0.717) is 6.42 Å². The van der Waals surface area contributed by atoms with E-state index in [2.05, 4.69) is 10.4 Å². The molecule has 0 aromatic heterocycles. The number of fused-ring (bicyclic) bond motifs is 1. The van der Waals surface area contributed by atoms with Gasteiger partial charge in [0.1, 0.15) is 17.8 Å². The molecule has 2 aliphatic rings. The number of hydrogen-bond donors (Lipinski definition) is 1. The third kappa shape index (κ3) is 2.23. The Hall–Kier alpha value is -2.42. The number of carbonyl (C=O) groups excluding carboxylic acids is 1. The number of hydrogen-bond acceptors (Lipinski definition) is 5. The van der Waals surface area contributed by atoms with Crippen LogP contribution in [0, 0.1) is 16.7 Å². The summed E-state index contributed by atoms with van der Waals surface area (Å²) in [5.74, 6) is -0.344. The first-order chi connectivity index (χ1) is 10.4. The Morgan fingerprint density at radius 1 is 1.45 bits per heavy atom. The maximum absolute atomic E-state index is 14.3. The highest BCUT2D eigenvalue weighted by atomic mass is 19.1. The zero-order chi connectivity index (χ0) is 15.9. The van der Waals surface area contributed by atoms with Crippen LogP contribution in [0.15, 0.2) is 35.4 Å². The Morgan fingerprint density at radius 3 is 2.77 bits per heavy atom. The number of amidine groups is 1. The van der Waals surface area contributed by atoms with Gasteiger partial charge in [0.25, 0.3) is 0 Å². The third-order valence-electron chi connectivity index (χ3n) is 4.14. The molecule has 0 bridgehead atoms. The van der Waals surface area contributed by atoms with Crippen LogP contribution in [0.25, 0.3) is 0 Å². The van der Waals surface area contributed by atoms with E-state index in [4.69, 9.17) is 5.26 Å². The molecule has 1 fully saturated rings. The van der Waals surface area contributed by atoms with Crippen LogP contribution in [-0.2, 0) is 4.79 Å². The number of carbonyl (C=O) groups is 1. The van der Waals surface area contributed by atoms with Gasteiger partial charge in [-0.25, -0.2) is 4.39 Å². The second kappa shape index (κ2) is 5.09. The van der Waals surface area contributed by atoms with E-state index in [1.807, 2.05) is 36.4 Å². The molecule has 1 aromatic rings. The monoisotopic (exact) mass is 300 g/mol. The molecule has 22 heavy (non-hydrogen) atoms. The number of halogens is 1. The van der Waals surface area contributed by atoms with Crippen LogP contribution < -0.4 is 5.32 Å². The number of rotatable bonds is 3. The lowest BCUT2D eigenvalue weighted by Crippen LogP contribution is -2.44. The molecule has 6 heteroatoms. The molecule has 0 radical (unpaired) electrons. The summed E-state index contributed by atoms with van der Waals surface area (Å²) in [6.45, 7) is 3.06. The molecule has 1 N–H and O–H groups in total. The van der Waals surface area contributed by atoms with Crippen molar-refractivity contribution < 1.29 is 9.18 Å². The van der Waals surface area contributed by atoms with Crippen molar-refractivity contribution in [3.8, 4) is 6.07 Å². The molecule has 2 aliphatic heterocycles. The lowest BCUT2D eigenvalue weighted by Gasteiger charge is -2.21. The van der Waals surface area contributed by atoms with Gasteiger partial charge in [0.2, 0.25) is 5.78 Å². The Labute approximate surface area is 128 Å². The Kier molecular flexibility index (Phi) is 3.36. The van der Waals surface area contributed by atoms with Crippen molar-refractivity contribution in [3.63, 3.8) is 0 Å². The molecule has 3 rings (SSSR count). The standard InChI is InChI=1S/C16H17FN4O/c1-16(2,9-18)13(22)14-19-15-11(17)8-12(21(15)20-14)10-6-4-3-5-7-10/h3-7,11-12,15H,8H2,1-2H3,(H,19,20)/t11-,12-,15?/m0/s1. The lowest BCUT2D eigenvalue weighted by molar-refractivity contribution is -0.118. The van der Waals surface area contributed by atoms with Gasteiger partial charge < -0.3 is 5.32 Å². The normalized spacial score (nSPS) is 26.9. The number of hydrazone groups is 1. The molecule has 0 spiro atoms. The van der Waals surface area contributed by atoms with E-state index < -0.39 is 23.5 Å². The minimum Gasteiger partial charge on any atom is -0.342 e. The van der Waals surface area contributed by atoms with Crippen molar-refractivity contribution in [3.05, 3.63) is 35.9 Å². The SMILES string of the molecule is CC(C)(C#N)C(=O)C1=NN2C(N1)[C@@H](F)C[C@H]2c1ccccc1. The van der Waals surface area contributed by atoms with Crippen molar-refractivity contribution in [1.82, 2.24) is 10.3 Å². The Morgan fingerprint density at radius 2 is 2.14 bits per heavy atom. The van der Waals surface area contributed by atoms with E-state index in [1.165, 1.54) is 13.8 Å². The summed E-state index contributed by atoms with van der Waals surface area (Å²) in [5.41, 5.74) is -0.217. The summed E-state index contributed by atoms with van der Waals surface area (Å²) in [7, 11) is 0. The van der Waals surface area contributed by atoms with Crippen LogP contribution in [0.5, 0.6) is 0 Å². The van der Waals surface area contributed by atoms with Gasteiger partial charge >= 0.3 is 0 Å². The molecule has 5 nitrogen and oxygen atoms in total. The summed E-state index contributed by atoms with van der Waals surface area (Å²) in [4.78, 5) is 12.3. The average Bonchev–Trinajstić information content (AvgIpc) is 3.08. The van der Waals surface area contributed by atoms with Gasteiger partial charge in [-0.1, -0.05) is 30.3 Å². The molecule has 2 heterocycles. The molecule has 0 saturated carbocycles. The number of benzene rings is 1. The van der Waals surface area contributed by atoms with Crippen LogP contribution in [0.4, 0.5) is 4.39 Å². The van der Waals surface area contributed by atoms with Crippen LogP contribution in [0.1, 0.15) is 31.9 Å². The third-order valence-corrected chi connectivity index (χ3v) is 4.14. The predicted molar refractivity (Wildman–Crippen MR) is 79.3 cm³/mol. The number of Topliss-reactive ketones (excluding diaryl/α,β-unsaturated/α-hetero) is 1. The fourth-order valence-corrected chi connectivity index (χ4v) is 2.80. The molecular weight excluding hydrogens is 283 g/mol. The summed E-state index contributed by atoms with van der Waals surface area (Å²) in [6.07, 6.45) is -1.43. The Balaban J connectivity index is 1.89. The molecule has 0 aliphatic carbocycles. The van der Waals surface area contributed by atoms with Crippen molar-refractivity contribution in [2.45, 2.75) is 38.6 Å². The summed E-state index contributed by atoms with van der Waals surface area (Å²) >= 11 is 0. The summed E-state index contributed by atoms with van der Waals surface area (Å²) < 4.78 is 14.3. The molecule has 1 unspecified atom stereocenters. The fraction of sp³-hybridized carbons (Fsp3) is 0.438. The molecule has 0 amide bonds. The van der Waals surface area contributed by atoms with Crippen LogP contribution in [-0.4, -0.2) is 29.0 Å². The second-order valence-corrected chi connectivity index (χ2v) is 6.16. The van der Waals surface area contributed by atoms with Crippen LogP contribution in [0.2, 0.25) is 0 Å². The van der Waals surface area contributed by atoms with E-state index in [9.17, 15) is 9.18 Å². The average molecular weight is 300 g/mol. The maximum atomic E-state index is 14.3. The van der Waals surface area contributed by atoms with Gasteiger partial charge in [-0.15, -0.1) is 0 Å². The quantitative estimate of drug-likeness (QED) is 0.928. The smallest absolute Gasteiger partial charge is 0.219 e. The predicted octanol–water partition coefficient (Wildman–Crippen LogP) is 2.13. The largest absolute Gasteiger partial charge is 0.342 e. The van der Waals surface area contributed by atoms with E-state index >= 15 is 0 Å². The number of nitriles is 1. The van der Waals surface area contributed by atoms with E-state index in [0.717, 1.165) is 5.56 Å². The number of nitrogens with zero attached hydrogens (tertiary/aromatic N) is 3. The molecule has 1 saturated heterocycles. The first kappa shape index (κ1) is 14.5. The molecule has 1 aromatic carbocycles. The zero-order valence-electron chi connectivity index (χ0n) is 12.5. The van der Waals surface area contributed by atoms with Gasteiger partial charge in [0.05, 0.1) is 12.1 Å². The minimum atomic E-state index is -1.18. The zero-order valence-corrected chi connectivity index (χ0v) is 12.5. The topological polar surface area (TPSA) is 68.5 Å². The molecule has 114 valence electrons. The highest BCUT2D eigenvalue weighted by molar-refractivity contribution is 6.41. The number of alkyl halides is 1. The van der Waals surface area contributed by atoms with Crippen molar-refractivity contribution in [2.75, 3.05) is 0 Å². The lowest BCUT2D eigenvalue weighted by atomic mass is 9.89. The number of nitrogens with one attached hydrogen (secondary N) is 1. The highest BCUT2D eigenvalue weighted by Gasteiger charge is 2.48. The van der Waals surface area contributed by atoms with Gasteiger partial charge in [0, 0.05) is 6.42 Å². The number of ketones is 1. The summed E-state index contributed by atoms with van der Waals surface area (Å²) in [6, 6.07) is 11.3. The first-order valence-corrected chi connectivity index (χ1v) is 7.22. The fourth-order valence-electron chi connectivity index (χ4n) is 2.80.